The van der Waals surface area contributed by atoms with Gasteiger partial charge in [0, 0.05) is 6.54 Å². The van der Waals surface area contributed by atoms with Gasteiger partial charge in [-0.1, -0.05) is 31.2 Å². The number of para-hydroxylation sites is 1. The molecule has 0 unspecified atom stereocenters. The molecular formula is C18H23NO3. The van der Waals surface area contributed by atoms with Gasteiger partial charge in [0.25, 0.3) is 0 Å². The summed E-state index contributed by atoms with van der Waals surface area (Å²) in [5.74, 6) is 2.33. The summed E-state index contributed by atoms with van der Waals surface area (Å²) < 4.78 is 16.7. The predicted octanol–water partition coefficient (Wildman–Crippen LogP) is 3.26. The van der Waals surface area contributed by atoms with Crippen molar-refractivity contribution in [2.24, 2.45) is 0 Å². The number of rotatable bonds is 9. The lowest BCUT2D eigenvalue weighted by atomic mass is 10.2. The summed E-state index contributed by atoms with van der Waals surface area (Å²) in [4.78, 5) is 0. The average molecular weight is 301 g/mol. The van der Waals surface area contributed by atoms with Gasteiger partial charge in [-0.2, -0.15) is 0 Å². The lowest BCUT2D eigenvalue weighted by molar-refractivity contribution is 0.211. The Balaban J connectivity index is 1.84. The Kier molecular flexibility index (Phi) is 6.58. The molecule has 0 aromatic heterocycles. The third kappa shape index (κ3) is 4.97. The fourth-order valence-electron chi connectivity index (χ4n) is 2.04. The Morgan fingerprint density at radius 1 is 0.909 bits per heavy atom. The zero-order valence-corrected chi connectivity index (χ0v) is 13.2. The molecule has 0 aliphatic rings. The van der Waals surface area contributed by atoms with Gasteiger partial charge in [0.05, 0.1) is 7.11 Å². The molecule has 4 heteroatoms. The predicted molar refractivity (Wildman–Crippen MR) is 87.8 cm³/mol. The van der Waals surface area contributed by atoms with E-state index < -0.39 is 0 Å². The Morgan fingerprint density at radius 2 is 1.68 bits per heavy atom. The van der Waals surface area contributed by atoms with E-state index in [1.807, 2.05) is 48.5 Å². The summed E-state index contributed by atoms with van der Waals surface area (Å²) >= 11 is 0. The number of benzene rings is 2. The summed E-state index contributed by atoms with van der Waals surface area (Å²) in [5, 5.41) is 3.29. The van der Waals surface area contributed by atoms with Crippen LogP contribution in [0.4, 0.5) is 0 Å². The van der Waals surface area contributed by atoms with Crippen LogP contribution in [0.25, 0.3) is 0 Å². The third-order valence-corrected chi connectivity index (χ3v) is 3.16. The lowest BCUT2D eigenvalue weighted by Gasteiger charge is -2.13. The van der Waals surface area contributed by atoms with Crippen LogP contribution < -0.4 is 19.5 Å². The second-order valence-corrected chi connectivity index (χ2v) is 4.78. The number of nitrogens with one attached hydrogen (secondary N) is 1. The summed E-state index contributed by atoms with van der Waals surface area (Å²) in [7, 11) is 1.65. The standard InChI is InChI=1S/C18H23NO3/c1-3-19-14-15-9-10-17(18(13-15)20-2)22-12-11-21-16-7-5-4-6-8-16/h4-10,13,19H,3,11-12,14H2,1-2H3. The second kappa shape index (κ2) is 8.95. The van der Waals surface area contributed by atoms with E-state index in [1.165, 1.54) is 5.56 Å². The molecule has 0 saturated carbocycles. The molecule has 1 N–H and O–H groups in total. The van der Waals surface area contributed by atoms with Crippen molar-refractivity contribution in [3.8, 4) is 17.2 Å². The Labute approximate surface area is 132 Å². The van der Waals surface area contributed by atoms with Crippen LogP contribution in [0.5, 0.6) is 17.2 Å². The molecule has 118 valence electrons. The van der Waals surface area contributed by atoms with E-state index in [-0.39, 0.29) is 0 Å². The minimum absolute atomic E-state index is 0.470. The van der Waals surface area contributed by atoms with Gasteiger partial charge < -0.3 is 19.5 Å². The Bertz CT molecular complexity index is 558. The lowest BCUT2D eigenvalue weighted by Crippen LogP contribution is -2.12. The van der Waals surface area contributed by atoms with E-state index in [1.54, 1.807) is 7.11 Å². The SMILES string of the molecule is CCNCc1ccc(OCCOc2ccccc2)c(OC)c1. The number of hydrogen-bond acceptors (Lipinski definition) is 4. The smallest absolute Gasteiger partial charge is 0.161 e. The number of ether oxygens (including phenoxy) is 3. The topological polar surface area (TPSA) is 39.7 Å². The highest BCUT2D eigenvalue weighted by atomic mass is 16.5. The van der Waals surface area contributed by atoms with Gasteiger partial charge in [0.2, 0.25) is 0 Å². The van der Waals surface area contributed by atoms with E-state index in [9.17, 15) is 0 Å². The normalized spacial score (nSPS) is 10.3. The van der Waals surface area contributed by atoms with Gasteiger partial charge in [0.15, 0.2) is 11.5 Å². The molecule has 22 heavy (non-hydrogen) atoms. The van der Waals surface area contributed by atoms with Gasteiger partial charge in [-0.05, 0) is 36.4 Å². The van der Waals surface area contributed by atoms with Crippen LogP contribution in [0.1, 0.15) is 12.5 Å². The van der Waals surface area contributed by atoms with E-state index in [0.29, 0.717) is 13.2 Å². The summed E-state index contributed by atoms with van der Waals surface area (Å²) in [5.41, 5.74) is 1.17. The van der Waals surface area contributed by atoms with Gasteiger partial charge in [-0.15, -0.1) is 0 Å². The molecule has 0 heterocycles. The summed E-state index contributed by atoms with van der Waals surface area (Å²) in [6.07, 6.45) is 0. The van der Waals surface area contributed by atoms with Crippen LogP contribution >= 0.6 is 0 Å². The quantitative estimate of drug-likeness (QED) is 0.722. The van der Waals surface area contributed by atoms with E-state index in [2.05, 4.69) is 12.2 Å². The zero-order chi connectivity index (χ0) is 15.6. The Morgan fingerprint density at radius 3 is 2.41 bits per heavy atom. The molecule has 0 aliphatic heterocycles. The minimum Gasteiger partial charge on any atom is -0.493 e. The van der Waals surface area contributed by atoms with E-state index in [4.69, 9.17) is 14.2 Å². The van der Waals surface area contributed by atoms with Crippen molar-refractivity contribution in [3.05, 3.63) is 54.1 Å². The van der Waals surface area contributed by atoms with Crippen molar-refractivity contribution in [2.75, 3.05) is 26.9 Å². The van der Waals surface area contributed by atoms with Crippen molar-refractivity contribution >= 4 is 0 Å². The molecule has 0 spiro atoms. The maximum absolute atomic E-state index is 5.74. The minimum atomic E-state index is 0.470. The molecule has 0 amide bonds. The van der Waals surface area contributed by atoms with Crippen molar-refractivity contribution < 1.29 is 14.2 Å². The van der Waals surface area contributed by atoms with Crippen molar-refractivity contribution in [3.63, 3.8) is 0 Å². The first-order valence-electron chi connectivity index (χ1n) is 7.51. The number of hydrogen-bond donors (Lipinski definition) is 1. The van der Waals surface area contributed by atoms with Crippen LogP contribution in [0.15, 0.2) is 48.5 Å². The zero-order valence-electron chi connectivity index (χ0n) is 13.2. The van der Waals surface area contributed by atoms with Gasteiger partial charge in [0.1, 0.15) is 19.0 Å². The largest absolute Gasteiger partial charge is 0.493 e. The Hall–Kier alpha value is -2.20. The summed E-state index contributed by atoms with van der Waals surface area (Å²) in [6, 6.07) is 15.7. The van der Waals surface area contributed by atoms with Crippen LogP contribution in [0.2, 0.25) is 0 Å². The molecule has 4 nitrogen and oxygen atoms in total. The van der Waals surface area contributed by atoms with Crippen LogP contribution in [0.3, 0.4) is 0 Å². The van der Waals surface area contributed by atoms with E-state index in [0.717, 1.165) is 30.3 Å². The van der Waals surface area contributed by atoms with Crippen molar-refractivity contribution in [1.29, 1.82) is 0 Å². The molecule has 2 aromatic rings. The first-order valence-corrected chi connectivity index (χ1v) is 7.51. The monoisotopic (exact) mass is 301 g/mol. The average Bonchev–Trinajstić information content (AvgIpc) is 2.58. The van der Waals surface area contributed by atoms with Crippen LogP contribution in [-0.4, -0.2) is 26.9 Å². The van der Waals surface area contributed by atoms with Gasteiger partial charge >= 0.3 is 0 Å². The first-order chi connectivity index (χ1) is 10.8. The molecule has 0 bridgehead atoms. The summed E-state index contributed by atoms with van der Waals surface area (Å²) in [6.45, 7) is 4.81. The maximum Gasteiger partial charge on any atom is 0.161 e. The third-order valence-electron chi connectivity index (χ3n) is 3.16. The first kappa shape index (κ1) is 16.2. The molecule has 0 fully saturated rings. The molecule has 0 aliphatic carbocycles. The molecule has 2 rings (SSSR count). The molecular weight excluding hydrogens is 278 g/mol. The van der Waals surface area contributed by atoms with E-state index >= 15 is 0 Å². The molecule has 0 saturated heterocycles. The fourth-order valence-corrected chi connectivity index (χ4v) is 2.04. The fraction of sp³-hybridized carbons (Fsp3) is 0.333. The highest BCUT2D eigenvalue weighted by Gasteiger charge is 2.05. The van der Waals surface area contributed by atoms with Crippen LogP contribution in [0, 0.1) is 0 Å². The van der Waals surface area contributed by atoms with Crippen molar-refractivity contribution in [1.82, 2.24) is 5.32 Å². The molecule has 0 atom stereocenters. The van der Waals surface area contributed by atoms with Gasteiger partial charge in [-0.25, -0.2) is 0 Å². The highest BCUT2D eigenvalue weighted by molar-refractivity contribution is 5.43. The van der Waals surface area contributed by atoms with Crippen LogP contribution in [-0.2, 0) is 6.54 Å². The molecule has 2 aromatic carbocycles. The molecule has 0 radical (unpaired) electrons. The highest BCUT2D eigenvalue weighted by Crippen LogP contribution is 2.28. The van der Waals surface area contributed by atoms with Gasteiger partial charge in [-0.3, -0.25) is 0 Å². The maximum atomic E-state index is 5.74. The number of methoxy groups -OCH3 is 1. The second-order valence-electron chi connectivity index (χ2n) is 4.78. The van der Waals surface area contributed by atoms with Crippen molar-refractivity contribution in [2.45, 2.75) is 13.5 Å².